The van der Waals surface area contributed by atoms with Crippen LogP contribution in [0.15, 0.2) is 60.0 Å². The fourth-order valence-corrected chi connectivity index (χ4v) is 5.85. The van der Waals surface area contributed by atoms with E-state index in [0.29, 0.717) is 28.5 Å². The molecule has 1 aliphatic rings. The minimum absolute atomic E-state index is 0.0360. The topological polar surface area (TPSA) is 111 Å². The Morgan fingerprint density at radius 3 is 2.52 bits per heavy atom. The molecule has 0 bridgehead atoms. The minimum atomic E-state index is -0.976. The molecule has 0 radical (unpaired) electrons. The molecule has 10 nitrogen and oxygen atoms in total. The molecule has 1 saturated carbocycles. The van der Waals surface area contributed by atoms with Gasteiger partial charge in [0.2, 0.25) is 17.6 Å². The average Bonchev–Trinajstić information content (AvgIpc) is 3.70. The Labute approximate surface area is 247 Å². The molecule has 1 aliphatic carbocycles. The van der Waals surface area contributed by atoms with Crippen molar-refractivity contribution in [3.63, 3.8) is 0 Å². The van der Waals surface area contributed by atoms with Crippen molar-refractivity contribution in [1.82, 2.24) is 30.4 Å². The summed E-state index contributed by atoms with van der Waals surface area (Å²) in [4.78, 5) is 31.4. The first-order chi connectivity index (χ1) is 20.4. The van der Waals surface area contributed by atoms with E-state index in [2.05, 4.69) is 20.7 Å². The third kappa shape index (κ3) is 6.93. The molecule has 0 aliphatic heterocycles. The van der Waals surface area contributed by atoms with Gasteiger partial charge in [-0.15, -0.1) is 21.5 Å². The molecule has 220 valence electrons. The maximum atomic E-state index is 14.0. The number of carbonyl (C=O) groups excluding carboxylic acids is 2. The number of thiophene rings is 1. The molecule has 2 aromatic heterocycles. The zero-order chi connectivity index (χ0) is 29.5. The smallest absolute Gasteiger partial charge is 0.247 e. The Bertz CT molecular complexity index is 1490. The summed E-state index contributed by atoms with van der Waals surface area (Å²) in [7, 11) is 3.09. The molecule has 5 rings (SSSR count). The van der Waals surface area contributed by atoms with Crippen molar-refractivity contribution in [2.24, 2.45) is 0 Å². The predicted molar refractivity (Wildman–Crippen MR) is 155 cm³/mol. The molecule has 0 unspecified atom stereocenters. The summed E-state index contributed by atoms with van der Waals surface area (Å²) in [5, 5.41) is 17.7. The SMILES string of the molecule is COc1ccc(-c2nnn(CC(=O)N(Cc3cccs3)[C@H](C(=O)NC3CCCCC3)c3ccc(F)cc3)n2)cc1OC. The number of amides is 2. The lowest BCUT2D eigenvalue weighted by atomic mass is 9.94. The molecular weight excluding hydrogens is 559 g/mol. The zero-order valence-corrected chi connectivity index (χ0v) is 24.3. The van der Waals surface area contributed by atoms with Crippen LogP contribution in [0.1, 0.15) is 48.6 Å². The number of hydrogen-bond acceptors (Lipinski definition) is 8. The van der Waals surface area contributed by atoms with Crippen molar-refractivity contribution in [3.8, 4) is 22.9 Å². The van der Waals surface area contributed by atoms with Crippen molar-refractivity contribution in [2.45, 2.75) is 57.3 Å². The highest BCUT2D eigenvalue weighted by Crippen LogP contribution is 2.31. The van der Waals surface area contributed by atoms with Gasteiger partial charge in [0.15, 0.2) is 11.5 Å². The van der Waals surface area contributed by atoms with Crippen LogP contribution in [-0.4, -0.2) is 57.2 Å². The van der Waals surface area contributed by atoms with E-state index in [-0.39, 0.29) is 30.9 Å². The maximum Gasteiger partial charge on any atom is 0.247 e. The van der Waals surface area contributed by atoms with E-state index >= 15 is 0 Å². The monoisotopic (exact) mass is 592 g/mol. The molecule has 4 aromatic rings. The molecule has 2 aromatic carbocycles. The zero-order valence-electron chi connectivity index (χ0n) is 23.5. The van der Waals surface area contributed by atoms with Gasteiger partial charge in [-0.25, -0.2) is 4.39 Å². The largest absolute Gasteiger partial charge is 0.493 e. The van der Waals surface area contributed by atoms with E-state index in [0.717, 1.165) is 37.0 Å². The predicted octanol–water partition coefficient (Wildman–Crippen LogP) is 4.78. The van der Waals surface area contributed by atoms with E-state index in [1.165, 1.54) is 40.3 Å². The molecule has 0 saturated heterocycles. The van der Waals surface area contributed by atoms with Gasteiger partial charge in [0.1, 0.15) is 18.4 Å². The Morgan fingerprint density at radius 2 is 1.83 bits per heavy atom. The van der Waals surface area contributed by atoms with Gasteiger partial charge in [-0.05, 0) is 65.4 Å². The van der Waals surface area contributed by atoms with Crippen LogP contribution in [0.25, 0.3) is 11.4 Å². The van der Waals surface area contributed by atoms with Crippen LogP contribution in [-0.2, 0) is 22.7 Å². The fraction of sp³-hybridized carbons (Fsp3) is 0.367. The van der Waals surface area contributed by atoms with Gasteiger partial charge in [-0.2, -0.15) is 4.80 Å². The van der Waals surface area contributed by atoms with Gasteiger partial charge < -0.3 is 19.7 Å². The molecule has 42 heavy (non-hydrogen) atoms. The number of hydrogen-bond donors (Lipinski definition) is 1. The Hall–Kier alpha value is -4.32. The third-order valence-corrected chi connectivity index (χ3v) is 8.16. The average molecular weight is 593 g/mol. The van der Waals surface area contributed by atoms with Gasteiger partial charge in [0.25, 0.3) is 0 Å². The number of methoxy groups -OCH3 is 2. The number of halogens is 1. The highest BCUT2D eigenvalue weighted by atomic mass is 32.1. The van der Waals surface area contributed by atoms with Crippen LogP contribution in [0.2, 0.25) is 0 Å². The minimum Gasteiger partial charge on any atom is -0.493 e. The summed E-state index contributed by atoms with van der Waals surface area (Å²) in [6.07, 6.45) is 5.02. The van der Waals surface area contributed by atoms with Crippen LogP contribution in [0.5, 0.6) is 11.5 Å². The lowest BCUT2D eigenvalue weighted by Gasteiger charge is -2.33. The lowest BCUT2D eigenvalue weighted by molar-refractivity contribution is -0.142. The Balaban J connectivity index is 1.43. The van der Waals surface area contributed by atoms with Crippen LogP contribution in [0, 0.1) is 5.82 Å². The Morgan fingerprint density at radius 1 is 1.07 bits per heavy atom. The number of benzene rings is 2. The van der Waals surface area contributed by atoms with Gasteiger partial charge >= 0.3 is 0 Å². The van der Waals surface area contributed by atoms with E-state index in [4.69, 9.17) is 9.47 Å². The van der Waals surface area contributed by atoms with Crippen molar-refractivity contribution >= 4 is 23.2 Å². The molecule has 1 fully saturated rings. The molecule has 1 N–H and O–H groups in total. The lowest BCUT2D eigenvalue weighted by Crippen LogP contribution is -2.47. The summed E-state index contributed by atoms with van der Waals surface area (Å²) in [5.74, 6) is 0.278. The van der Waals surface area contributed by atoms with Crippen LogP contribution < -0.4 is 14.8 Å². The van der Waals surface area contributed by atoms with Crippen LogP contribution in [0.3, 0.4) is 0 Å². The number of tetrazole rings is 1. The quantitative estimate of drug-likeness (QED) is 0.267. The number of carbonyl (C=O) groups is 2. The molecular formula is C30H33FN6O4S. The molecule has 0 spiro atoms. The molecule has 12 heteroatoms. The van der Waals surface area contributed by atoms with Crippen molar-refractivity contribution in [2.75, 3.05) is 14.2 Å². The first-order valence-corrected chi connectivity index (χ1v) is 14.7. The summed E-state index contributed by atoms with van der Waals surface area (Å²) in [6.45, 7) is -0.0616. The van der Waals surface area contributed by atoms with E-state index in [1.54, 1.807) is 37.4 Å². The third-order valence-electron chi connectivity index (χ3n) is 7.30. The highest BCUT2D eigenvalue weighted by Gasteiger charge is 2.33. The maximum absolute atomic E-state index is 14.0. The summed E-state index contributed by atoms with van der Waals surface area (Å²) >= 11 is 1.49. The van der Waals surface area contributed by atoms with Crippen molar-refractivity contribution in [3.05, 3.63) is 76.2 Å². The highest BCUT2D eigenvalue weighted by molar-refractivity contribution is 7.09. The summed E-state index contributed by atoms with van der Waals surface area (Å²) in [5.41, 5.74) is 1.16. The van der Waals surface area contributed by atoms with Crippen LogP contribution >= 0.6 is 11.3 Å². The number of nitrogens with zero attached hydrogens (tertiary/aromatic N) is 5. The normalized spacial score (nSPS) is 14.3. The van der Waals surface area contributed by atoms with Gasteiger partial charge in [0, 0.05) is 16.5 Å². The number of aromatic nitrogens is 4. The van der Waals surface area contributed by atoms with Gasteiger partial charge in [0.05, 0.1) is 20.8 Å². The molecule has 1 atom stereocenters. The summed E-state index contributed by atoms with van der Waals surface area (Å²) < 4.78 is 24.6. The van der Waals surface area contributed by atoms with Crippen molar-refractivity contribution < 1.29 is 23.5 Å². The number of rotatable bonds is 11. The molecule has 2 heterocycles. The number of ether oxygens (including phenoxy) is 2. The van der Waals surface area contributed by atoms with Gasteiger partial charge in [-0.1, -0.05) is 37.5 Å². The number of nitrogens with one attached hydrogen (secondary N) is 1. The first-order valence-electron chi connectivity index (χ1n) is 13.8. The standard InChI is InChI=1S/C30H33FN6O4S/c1-40-25-15-12-21(17-26(25)41-2)29-33-35-37(34-29)19-27(38)36(18-24-9-6-16-42-24)28(20-10-13-22(31)14-11-20)30(39)32-23-7-4-3-5-8-23/h6,9-17,23,28H,3-5,7-8,18-19H2,1-2H3,(H,32,39)/t28-/m0/s1. The second-order valence-electron chi connectivity index (χ2n) is 10.1. The van der Waals surface area contributed by atoms with Crippen molar-refractivity contribution in [1.29, 1.82) is 0 Å². The fourth-order valence-electron chi connectivity index (χ4n) is 5.15. The van der Waals surface area contributed by atoms with E-state index in [9.17, 15) is 14.0 Å². The second kappa shape index (κ2) is 13.6. The van der Waals surface area contributed by atoms with E-state index < -0.39 is 11.9 Å². The van der Waals surface area contributed by atoms with Crippen LogP contribution in [0.4, 0.5) is 4.39 Å². The molecule has 2 amide bonds. The second-order valence-corrected chi connectivity index (χ2v) is 11.1. The Kier molecular flexibility index (Phi) is 9.42. The summed E-state index contributed by atoms with van der Waals surface area (Å²) in [6, 6.07) is 13.8. The van der Waals surface area contributed by atoms with E-state index in [1.807, 2.05) is 17.5 Å². The van der Waals surface area contributed by atoms with Gasteiger partial charge in [-0.3, -0.25) is 9.59 Å². The first kappa shape index (κ1) is 29.2.